The summed E-state index contributed by atoms with van der Waals surface area (Å²) in [5.41, 5.74) is 13.5. The highest BCUT2D eigenvalue weighted by Gasteiger charge is 2.26. The second-order valence-electron chi connectivity index (χ2n) is 13.1. The Kier molecular flexibility index (Phi) is 7.85. The number of nitrogens with zero attached hydrogens (tertiary/aromatic N) is 2. The molecule has 0 spiro atoms. The fourth-order valence-electron chi connectivity index (χ4n) is 7.61. The maximum absolute atomic E-state index is 4.55. The van der Waals surface area contributed by atoms with Crippen molar-refractivity contribution < 1.29 is 0 Å². The highest BCUT2D eigenvalue weighted by atomic mass is 15.2. The van der Waals surface area contributed by atoms with Crippen LogP contribution in [0.15, 0.2) is 169 Å². The zero-order valence-corrected chi connectivity index (χ0v) is 28.6. The number of fused-ring (bicyclic) bond motifs is 8. The summed E-state index contributed by atoms with van der Waals surface area (Å²) in [5.74, 6) is 0. The van der Waals surface area contributed by atoms with E-state index in [0.29, 0.717) is 0 Å². The zero-order chi connectivity index (χ0) is 34.4. The molecule has 8 rings (SSSR count). The first kappa shape index (κ1) is 31.0. The molecule has 0 aliphatic carbocycles. The molecule has 0 atom stereocenters. The van der Waals surface area contributed by atoms with Crippen LogP contribution in [-0.2, 0) is 6.54 Å². The molecule has 0 saturated heterocycles. The van der Waals surface area contributed by atoms with Crippen molar-refractivity contribution in [3.05, 3.63) is 186 Å². The van der Waals surface area contributed by atoms with Crippen LogP contribution in [0.4, 0.5) is 17.1 Å². The number of hydrogen-bond donors (Lipinski definition) is 0. The smallest absolute Gasteiger partial charge is 0.0859 e. The third-order valence-electron chi connectivity index (χ3n) is 10.3. The molecule has 2 heteroatoms. The van der Waals surface area contributed by atoms with Crippen LogP contribution in [0.2, 0.25) is 0 Å². The van der Waals surface area contributed by atoms with Crippen molar-refractivity contribution in [3.8, 4) is 11.1 Å². The van der Waals surface area contributed by atoms with Crippen molar-refractivity contribution in [1.82, 2.24) is 0 Å². The summed E-state index contributed by atoms with van der Waals surface area (Å²) < 4.78 is 0. The van der Waals surface area contributed by atoms with Crippen molar-refractivity contribution in [2.75, 3.05) is 4.90 Å². The number of para-hydroxylation sites is 2. The molecule has 1 aliphatic rings. The van der Waals surface area contributed by atoms with E-state index < -0.39 is 0 Å². The van der Waals surface area contributed by atoms with E-state index in [4.69, 9.17) is 0 Å². The van der Waals surface area contributed by atoms with E-state index in [0.717, 1.165) is 45.9 Å². The number of benzene rings is 7. The fraction of sp³-hybridized carbons (Fsp3) is 0.0625. The van der Waals surface area contributed by atoms with Gasteiger partial charge in [-0.1, -0.05) is 135 Å². The normalized spacial score (nSPS) is 13.0. The van der Waals surface area contributed by atoms with Crippen molar-refractivity contribution in [3.63, 3.8) is 0 Å². The summed E-state index contributed by atoms with van der Waals surface area (Å²) >= 11 is 0. The molecule has 240 valence electrons. The van der Waals surface area contributed by atoms with Gasteiger partial charge in [-0.25, -0.2) is 0 Å². The lowest BCUT2D eigenvalue weighted by atomic mass is 9.87. The summed E-state index contributed by atoms with van der Waals surface area (Å²) in [5, 5.41) is 7.59. The number of allylic oxidation sites excluding steroid dienone is 5. The number of aryl methyl sites for hydroxylation is 1. The van der Waals surface area contributed by atoms with Crippen LogP contribution in [0.1, 0.15) is 29.2 Å². The van der Waals surface area contributed by atoms with E-state index in [2.05, 4.69) is 171 Å². The molecule has 0 bridgehead atoms. The molecule has 2 nitrogen and oxygen atoms in total. The molecule has 0 aromatic heterocycles. The first-order valence-electron chi connectivity index (χ1n) is 17.1. The fourth-order valence-corrected chi connectivity index (χ4v) is 7.61. The van der Waals surface area contributed by atoms with Crippen LogP contribution in [0.3, 0.4) is 0 Å². The van der Waals surface area contributed by atoms with Gasteiger partial charge in [-0.15, -0.1) is 0 Å². The Labute approximate surface area is 294 Å². The first-order chi connectivity index (χ1) is 24.5. The third-order valence-corrected chi connectivity index (χ3v) is 10.3. The molecule has 0 amide bonds. The summed E-state index contributed by atoms with van der Waals surface area (Å²) in [6.07, 6.45) is 6.39. The Hall–Kier alpha value is -6.25. The zero-order valence-electron chi connectivity index (χ0n) is 28.6. The van der Waals surface area contributed by atoms with Crippen LogP contribution in [0.25, 0.3) is 55.1 Å². The minimum absolute atomic E-state index is 0.723. The van der Waals surface area contributed by atoms with Crippen LogP contribution in [0, 0.1) is 6.92 Å². The highest BCUT2D eigenvalue weighted by Crippen LogP contribution is 2.48. The maximum atomic E-state index is 4.55. The van der Waals surface area contributed by atoms with Crippen molar-refractivity contribution in [1.29, 1.82) is 0 Å². The van der Waals surface area contributed by atoms with Gasteiger partial charge in [-0.05, 0) is 122 Å². The van der Waals surface area contributed by atoms with Crippen LogP contribution in [0.5, 0.6) is 0 Å². The van der Waals surface area contributed by atoms with Crippen LogP contribution >= 0.6 is 0 Å². The van der Waals surface area contributed by atoms with E-state index in [1.807, 2.05) is 18.2 Å². The Morgan fingerprint density at radius 3 is 2.10 bits per heavy atom. The van der Waals surface area contributed by atoms with Crippen molar-refractivity contribution in [2.45, 2.75) is 20.4 Å². The molecule has 50 heavy (non-hydrogen) atoms. The average molecular weight is 643 g/mol. The quantitative estimate of drug-likeness (QED) is 0.0959. The second kappa shape index (κ2) is 12.7. The summed E-state index contributed by atoms with van der Waals surface area (Å²) in [6, 6.07) is 45.5. The molecule has 0 radical (unpaired) electrons. The summed E-state index contributed by atoms with van der Waals surface area (Å²) in [6.45, 7) is 17.8. The van der Waals surface area contributed by atoms with Gasteiger partial charge in [0.1, 0.15) is 0 Å². The average Bonchev–Trinajstić information content (AvgIpc) is 3.17. The van der Waals surface area contributed by atoms with Gasteiger partial charge in [0.15, 0.2) is 0 Å². The monoisotopic (exact) mass is 642 g/mol. The maximum Gasteiger partial charge on any atom is 0.0859 e. The molecule has 7 aromatic carbocycles. The third kappa shape index (κ3) is 5.17. The van der Waals surface area contributed by atoms with Gasteiger partial charge in [-0.3, -0.25) is 4.99 Å². The number of rotatable bonds is 7. The Balaban J connectivity index is 1.23. The van der Waals surface area contributed by atoms with Gasteiger partial charge in [0, 0.05) is 12.1 Å². The number of hydrogen-bond acceptors (Lipinski definition) is 2. The van der Waals surface area contributed by atoms with Gasteiger partial charge in [0.2, 0.25) is 0 Å². The first-order valence-corrected chi connectivity index (χ1v) is 17.1. The van der Waals surface area contributed by atoms with Crippen molar-refractivity contribution in [2.24, 2.45) is 4.99 Å². The van der Waals surface area contributed by atoms with Gasteiger partial charge < -0.3 is 4.90 Å². The second-order valence-corrected chi connectivity index (χ2v) is 13.1. The molecular formula is C48H38N2. The Bertz CT molecular complexity index is 2600. The lowest BCUT2D eigenvalue weighted by molar-refractivity contribution is 0.969. The van der Waals surface area contributed by atoms with Crippen LogP contribution < -0.4 is 4.90 Å². The minimum atomic E-state index is 0.723. The van der Waals surface area contributed by atoms with E-state index in [1.165, 1.54) is 60.1 Å². The molecule has 7 aromatic rings. The van der Waals surface area contributed by atoms with Gasteiger partial charge in [-0.2, -0.15) is 0 Å². The van der Waals surface area contributed by atoms with E-state index in [-0.39, 0.29) is 0 Å². The van der Waals surface area contributed by atoms with Gasteiger partial charge in [0.05, 0.1) is 17.1 Å². The molecule has 1 heterocycles. The Morgan fingerprint density at radius 1 is 0.700 bits per heavy atom. The lowest BCUT2D eigenvalue weighted by Crippen LogP contribution is -2.22. The van der Waals surface area contributed by atoms with Gasteiger partial charge >= 0.3 is 0 Å². The number of aliphatic imine (C=N–C) groups is 1. The standard InChI is InChI=1S/C48H38N2/c1-6-34(27-31(2)32(3)28-44-33(4)37-16-9-10-18-39(37)40-19-11-12-20-41(40)44)36-24-26-43-42-25-23-35-15-7-8-17-38(35)45(42)30-50(48(43)29-36)47-22-14-13-21-46(47)49-5/h6-29H,1-2,5,30H2,3-4H3/b32-28+,34-27+. The molecular weight excluding hydrogens is 605 g/mol. The summed E-state index contributed by atoms with van der Waals surface area (Å²) in [7, 11) is 0. The molecule has 0 saturated carbocycles. The minimum Gasteiger partial charge on any atom is -0.335 e. The largest absolute Gasteiger partial charge is 0.335 e. The molecule has 0 unspecified atom stereocenters. The molecule has 1 aliphatic heterocycles. The predicted octanol–water partition coefficient (Wildman–Crippen LogP) is 13.3. The summed E-state index contributed by atoms with van der Waals surface area (Å²) in [4.78, 5) is 6.79. The van der Waals surface area contributed by atoms with E-state index in [1.54, 1.807) is 0 Å². The van der Waals surface area contributed by atoms with Crippen LogP contribution in [-0.4, -0.2) is 6.72 Å². The highest BCUT2D eigenvalue weighted by molar-refractivity contribution is 6.13. The predicted molar refractivity (Wildman–Crippen MR) is 218 cm³/mol. The SMILES string of the molecule is C=C/C(=C\C(=C)/C(C)=C/c1c(C)c2ccccc2c2ccccc12)c1ccc2c(c1)N(c1ccccc1N=C)Cc1c-2ccc2ccccc12. The van der Waals surface area contributed by atoms with E-state index >= 15 is 0 Å². The lowest BCUT2D eigenvalue weighted by Gasteiger charge is -2.35. The topological polar surface area (TPSA) is 15.6 Å². The van der Waals surface area contributed by atoms with Crippen molar-refractivity contribution >= 4 is 67.7 Å². The van der Waals surface area contributed by atoms with E-state index in [9.17, 15) is 0 Å². The molecule has 0 fully saturated rings. The Morgan fingerprint density at radius 2 is 1.34 bits per heavy atom. The van der Waals surface area contributed by atoms with Gasteiger partial charge in [0.25, 0.3) is 0 Å². The number of anilines is 2. The molecule has 0 N–H and O–H groups in total.